The number of likely N-dealkylation sites (tertiary alicyclic amines) is 1. The van der Waals surface area contributed by atoms with Crippen molar-refractivity contribution < 1.29 is 19.4 Å². The Balaban J connectivity index is 2.23. The molecule has 0 spiro atoms. The highest BCUT2D eigenvalue weighted by Crippen LogP contribution is 2.43. The van der Waals surface area contributed by atoms with E-state index in [1.807, 2.05) is 43.5 Å². The molecule has 1 aliphatic rings. The smallest absolute Gasteiger partial charge is 0.295 e. The third-order valence-electron chi connectivity index (χ3n) is 5.59. The van der Waals surface area contributed by atoms with Gasteiger partial charge in [-0.1, -0.05) is 32.9 Å². The molecule has 2 heterocycles. The van der Waals surface area contributed by atoms with E-state index in [0.717, 1.165) is 21.6 Å². The summed E-state index contributed by atoms with van der Waals surface area (Å²) in [5, 5.41) is 13.3. The minimum atomic E-state index is -0.651. The number of carbonyl (C=O) groups excluding carboxylic acids is 2. The van der Waals surface area contributed by atoms with Crippen LogP contribution in [-0.4, -0.2) is 42.0 Å². The number of aliphatic hydroxyl groups is 1. The first-order valence-electron chi connectivity index (χ1n) is 10.0. The maximum absolute atomic E-state index is 13.1. The van der Waals surface area contributed by atoms with Crippen LogP contribution >= 0.6 is 11.3 Å². The first kappa shape index (κ1) is 22.2. The van der Waals surface area contributed by atoms with Crippen molar-refractivity contribution in [2.45, 2.75) is 46.1 Å². The van der Waals surface area contributed by atoms with E-state index in [1.54, 1.807) is 7.11 Å². The van der Waals surface area contributed by atoms with E-state index < -0.39 is 17.7 Å². The van der Waals surface area contributed by atoms with Crippen molar-refractivity contribution in [1.29, 1.82) is 0 Å². The summed E-state index contributed by atoms with van der Waals surface area (Å²) in [5.74, 6) is -1.37. The Kier molecular flexibility index (Phi) is 6.20. The van der Waals surface area contributed by atoms with Gasteiger partial charge in [0.25, 0.3) is 11.7 Å². The van der Waals surface area contributed by atoms with Crippen LogP contribution < -0.4 is 0 Å². The van der Waals surface area contributed by atoms with Crippen LogP contribution in [0.5, 0.6) is 0 Å². The van der Waals surface area contributed by atoms with Crippen LogP contribution in [-0.2, 0) is 19.7 Å². The number of benzene rings is 1. The zero-order chi connectivity index (χ0) is 22.2. The maximum atomic E-state index is 13.1. The van der Waals surface area contributed by atoms with Gasteiger partial charge in [-0.3, -0.25) is 9.59 Å². The highest BCUT2D eigenvalue weighted by atomic mass is 32.1. The minimum absolute atomic E-state index is 0.114. The molecule has 3 rings (SSSR count). The van der Waals surface area contributed by atoms with Gasteiger partial charge < -0.3 is 14.7 Å². The number of aliphatic hydroxyl groups excluding tert-OH is 1. The molecule has 1 atom stereocenters. The standard InChI is InChI=1S/C24H29NO4S/c1-14-7-8-16(24(3,4)5)13-17(14)20(26)18-19(22-15(2)9-12-30-22)25(10-11-29-6)23(28)21(18)27/h7-9,12-13,19,26H,10-11H2,1-6H3/b20-18+. The molecule has 0 aliphatic carbocycles. The molecule has 5 nitrogen and oxygen atoms in total. The molecule has 1 aromatic carbocycles. The predicted octanol–water partition coefficient (Wildman–Crippen LogP) is 4.73. The highest BCUT2D eigenvalue weighted by molar-refractivity contribution is 7.10. The van der Waals surface area contributed by atoms with E-state index >= 15 is 0 Å². The van der Waals surface area contributed by atoms with Crippen molar-refractivity contribution in [3.05, 3.63) is 62.3 Å². The topological polar surface area (TPSA) is 66.8 Å². The van der Waals surface area contributed by atoms with Crippen LogP contribution in [0.15, 0.2) is 35.2 Å². The van der Waals surface area contributed by atoms with Crippen LogP contribution in [0.3, 0.4) is 0 Å². The van der Waals surface area contributed by atoms with Crippen LogP contribution in [0.2, 0.25) is 0 Å². The van der Waals surface area contributed by atoms with E-state index in [-0.39, 0.29) is 23.3 Å². The van der Waals surface area contributed by atoms with E-state index in [4.69, 9.17) is 4.74 Å². The Morgan fingerprint density at radius 3 is 2.43 bits per heavy atom. The third kappa shape index (κ3) is 3.94. The lowest BCUT2D eigenvalue weighted by Crippen LogP contribution is -2.32. The molecule has 1 aliphatic heterocycles. The lowest BCUT2D eigenvalue weighted by Gasteiger charge is -2.25. The van der Waals surface area contributed by atoms with Gasteiger partial charge in [0.15, 0.2) is 0 Å². The molecule has 0 radical (unpaired) electrons. The van der Waals surface area contributed by atoms with Gasteiger partial charge in [0.2, 0.25) is 0 Å². The number of hydrogen-bond donors (Lipinski definition) is 1. The fourth-order valence-electron chi connectivity index (χ4n) is 3.73. The molecule has 0 bridgehead atoms. The second-order valence-electron chi connectivity index (χ2n) is 8.73. The molecule has 1 saturated heterocycles. The number of carbonyl (C=O) groups is 2. The summed E-state index contributed by atoms with van der Waals surface area (Å²) in [6.45, 7) is 10.7. The van der Waals surface area contributed by atoms with Crippen molar-refractivity contribution in [2.24, 2.45) is 0 Å². The predicted molar refractivity (Wildman–Crippen MR) is 120 cm³/mol. The highest BCUT2D eigenvalue weighted by Gasteiger charge is 2.47. The number of thiophene rings is 1. The molecular formula is C24H29NO4S. The van der Waals surface area contributed by atoms with Crippen LogP contribution in [0.1, 0.15) is 53.9 Å². The van der Waals surface area contributed by atoms with E-state index in [2.05, 4.69) is 20.8 Å². The van der Waals surface area contributed by atoms with E-state index in [1.165, 1.54) is 16.2 Å². The summed E-state index contributed by atoms with van der Waals surface area (Å²) in [6, 6.07) is 7.25. The van der Waals surface area contributed by atoms with Crippen LogP contribution in [0.4, 0.5) is 0 Å². The average Bonchev–Trinajstić information content (AvgIpc) is 3.20. The lowest BCUT2D eigenvalue weighted by atomic mass is 9.84. The zero-order valence-electron chi connectivity index (χ0n) is 18.4. The number of hydrogen-bond acceptors (Lipinski definition) is 5. The number of aryl methyl sites for hydroxylation is 2. The third-order valence-corrected chi connectivity index (χ3v) is 6.66. The van der Waals surface area contributed by atoms with Crippen molar-refractivity contribution in [3.63, 3.8) is 0 Å². The lowest BCUT2D eigenvalue weighted by molar-refractivity contribution is -0.140. The number of methoxy groups -OCH3 is 1. The molecule has 30 heavy (non-hydrogen) atoms. The summed E-state index contributed by atoms with van der Waals surface area (Å²) >= 11 is 1.48. The molecule has 0 saturated carbocycles. The number of ether oxygens (including phenoxy) is 1. The van der Waals surface area contributed by atoms with Gasteiger partial charge >= 0.3 is 0 Å². The molecule has 2 aromatic rings. The summed E-state index contributed by atoms with van der Waals surface area (Å²) in [5.41, 5.74) is 3.51. The van der Waals surface area contributed by atoms with Gasteiger partial charge in [0, 0.05) is 24.1 Å². The molecule has 1 amide bonds. The molecular weight excluding hydrogens is 398 g/mol. The second kappa shape index (κ2) is 8.36. The summed E-state index contributed by atoms with van der Waals surface area (Å²) in [7, 11) is 1.56. The molecule has 1 unspecified atom stereocenters. The van der Waals surface area contributed by atoms with E-state index in [0.29, 0.717) is 12.2 Å². The second-order valence-corrected chi connectivity index (χ2v) is 9.68. The van der Waals surface area contributed by atoms with E-state index in [9.17, 15) is 14.7 Å². The van der Waals surface area contributed by atoms with Gasteiger partial charge in [-0.2, -0.15) is 0 Å². The first-order chi connectivity index (χ1) is 14.1. The molecule has 6 heteroatoms. The summed E-state index contributed by atoms with van der Waals surface area (Å²) < 4.78 is 5.16. The maximum Gasteiger partial charge on any atom is 0.295 e. The van der Waals surface area contributed by atoms with Crippen LogP contribution in [0, 0.1) is 13.8 Å². The monoisotopic (exact) mass is 427 g/mol. The fraction of sp³-hybridized carbons (Fsp3) is 0.417. The summed E-state index contributed by atoms with van der Waals surface area (Å²) in [4.78, 5) is 28.3. The zero-order valence-corrected chi connectivity index (χ0v) is 19.2. The van der Waals surface area contributed by atoms with Crippen molar-refractivity contribution in [2.75, 3.05) is 20.3 Å². The quantitative estimate of drug-likeness (QED) is 0.426. The fourth-order valence-corrected chi connectivity index (χ4v) is 4.77. The Morgan fingerprint density at radius 2 is 1.87 bits per heavy atom. The minimum Gasteiger partial charge on any atom is -0.507 e. The number of nitrogens with zero attached hydrogens (tertiary/aromatic N) is 1. The van der Waals surface area contributed by atoms with Crippen molar-refractivity contribution in [3.8, 4) is 0 Å². The van der Waals surface area contributed by atoms with Gasteiger partial charge in [-0.05, 0) is 53.5 Å². The van der Waals surface area contributed by atoms with Gasteiger partial charge in [0.1, 0.15) is 5.76 Å². The number of amides is 1. The largest absolute Gasteiger partial charge is 0.507 e. The first-order valence-corrected chi connectivity index (χ1v) is 10.9. The number of ketones is 1. The van der Waals surface area contributed by atoms with Crippen molar-refractivity contribution >= 4 is 28.8 Å². The molecule has 160 valence electrons. The Labute approximate surface area is 182 Å². The van der Waals surface area contributed by atoms with Crippen LogP contribution in [0.25, 0.3) is 5.76 Å². The summed E-state index contributed by atoms with van der Waals surface area (Å²) in [6.07, 6.45) is 0. The Hall–Kier alpha value is -2.44. The van der Waals surface area contributed by atoms with Crippen molar-refractivity contribution in [1.82, 2.24) is 4.90 Å². The van der Waals surface area contributed by atoms with Gasteiger partial charge in [-0.25, -0.2) is 0 Å². The van der Waals surface area contributed by atoms with Gasteiger partial charge in [0.05, 0.1) is 18.2 Å². The molecule has 1 aromatic heterocycles. The normalized spacial score (nSPS) is 19.0. The SMILES string of the molecule is COCCN1C(=O)C(=O)/C(=C(/O)c2cc(C(C)(C)C)ccc2C)C1c1sccc1C. The molecule has 1 fully saturated rings. The number of rotatable bonds is 5. The van der Waals surface area contributed by atoms with Gasteiger partial charge in [-0.15, -0.1) is 11.3 Å². The average molecular weight is 428 g/mol. The molecule has 1 N–H and O–H groups in total. The number of Topliss-reactive ketones (excluding diaryl/α,β-unsaturated/α-hetero) is 1. The Morgan fingerprint density at radius 1 is 1.17 bits per heavy atom. The Bertz CT molecular complexity index is 1010.